The van der Waals surface area contributed by atoms with Crippen molar-refractivity contribution in [1.29, 1.82) is 0 Å². The summed E-state index contributed by atoms with van der Waals surface area (Å²) in [5, 5.41) is 0. The summed E-state index contributed by atoms with van der Waals surface area (Å²) in [5.74, 6) is 0.709. The Labute approximate surface area is 140 Å². The van der Waals surface area contributed by atoms with Crippen LogP contribution in [0, 0.1) is 11.8 Å². The molecule has 0 aromatic heterocycles. The number of esters is 1. The third kappa shape index (κ3) is 6.32. The molecule has 1 aromatic carbocycles. The maximum absolute atomic E-state index is 12.1. The number of carbonyl (C=O) groups is 1. The van der Waals surface area contributed by atoms with E-state index >= 15 is 0 Å². The molecule has 0 aliphatic carbocycles. The summed E-state index contributed by atoms with van der Waals surface area (Å²) in [7, 11) is 0. The van der Waals surface area contributed by atoms with Gasteiger partial charge in [0.25, 0.3) is 0 Å². The van der Waals surface area contributed by atoms with Gasteiger partial charge in [-0.25, -0.2) is 0 Å². The molecule has 0 saturated carbocycles. The molecule has 0 bridgehead atoms. The monoisotopic (exact) mass is 318 g/mol. The maximum atomic E-state index is 12.1. The van der Waals surface area contributed by atoms with Crippen LogP contribution in [0.5, 0.6) is 0 Å². The first-order chi connectivity index (χ1) is 11.1. The van der Waals surface area contributed by atoms with Crippen LogP contribution in [0.15, 0.2) is 30.3 Å². The Kier molecular flexibility index (Phi) is 7.06. The second-order valence-electron chi connectivity index (χ2n) is 7.06. The highest BCUT2D eigenvalue weighted by Gasteiger charge is 2.26. The molecule has 1 aromatic rings. The number of nitrogens with two attached hydrogens (primary N) is 1. The molecular weight excluding hydrogens is 288 g/mol. The van der Waals surface area contributed by atoms with Crippen molar-refractivity contribution in [2.24, 2.45) is 17.6 Å². The molecule has 1 aliphatic rings. The smallest absolute Gasteiger partial charge is 0.306 e. The van der Waals surface area contributed by atoms with Crippen molar-refractivity contribution in [2.45, 2.75) is 45.8 Å². The molecule has 2 N–H and O–H groups in total. The van der Waals surface area contributed by atoms with E-state index in [0.717, 1.165) is 32.5 Å². The maximum Gasteiger partial charge on any atom is 0.306 e. The first kappa shape index (κ1) is 18.0. The molecular formula is C19H30N2O2. The number of hydrogen-bond acceptors (Lipinski definition) is 4. The molecule has 2 atom stereocenters. The number of ether oxygens (including phenoxy) is 1. The first-order valence-corrected chi connectivity index (χ1v) is 8.72. The molecule has 0 spiro atoms. The highest BCUT2D eigenvalue weighted by atomic mass is 16.5. The van der Waals surface area contributed by atoms with E-state index in [0.29, 0.717) is 18.9 Å². The van der Waals surface area contributed by atoms with Gasteiger partial charge in [-0.05, 0) is 36.8 Å². The zero-order chi connectivity index (χ0) is 16.7. The van der Waals surface area contributed by atoms with Gasteiger partial charge in [-0.1, -0.05) is 44.2 Å². The van der Waals surface area contributed by atoms with E-state index in [2.05, 4.69) is 43.0 Å². The Morgan fingerprint density at radius 2 is 2.09 bits per heavy atom. The van der Waals surface area contributed by atoms with Gasteiger partial charge >= 0.3 is 5.97 Å². The molecule has 4 nitrogen and oxygen atoms in total. The highest BCUT2D eigenvalue weighted by molar-refractivity contribution is 5.70. The standard InChI is InChI=1S/C19H30N2O2/c1-15(2)10-17(12-20)11-19(22)23-18-8-9-21(14-18)13-16-6-4-3-5-7-16/h3-7,15,17-18H,8-14,20H2,1-2H3/t17-,18-/m0/s1. The van der Waals surface area contributed by atoms with Gasteiger partial charge < -0.3 is 10.5 Å². The molecule has 23 heavy (non-hydrogen) atoms. The average molecular weight is 318 g/mol. The zero-order valence-corrected chi connectivity index (χ0v) is 14.4. The van der Waals surface area contributed by atoms with Crippen molar-refractivity contribution >= 4 is 5.97 Å². The van der Waals surface area contributed by atoms with Crippen molar-refractivity contribution in [3.8, 4) is 0 Å². The second kappa shape index (κ2) is 9.04. The van der Waals surface area contributed by atoms with Crippen LogP contribution in [0.25, 0.3) is 0 Å². The van der Waals surface area contributed by atoms with Crippen molar-refractivity contribution in [3.05, 3.63) is 35.9 Å². The van der Waals surface area contributed by atoms with Crippen molar-refractivity contribution in [3.63, 3.8) is 0 Å². The number of benzene rings is 1. The van der Waals surface area contributed by atoms with Gasteiger partial charge in [0.2, 0.25) is 0 Å². The van der Waals surface area contributed by atoms with Gasteiger partial charge in [0.15, 0.2) is 0 Å². The van der Waals surface area contributed by atoms with E-state index in [1.807, 2.05) is 6.07 Å². The lowest BCUT2D eigenvalue weighted by molar-refractivity contribution is -0.149. The number of rotatable bonds is 8. The van der Waals surface area contributed by atoms with Gasteiger partial charge in [-0.2, -0.15) is 0 Å². The van der Waals surface area contributed by atoms with E-state index < -0.39 is 0 Å². The lowest BCUT2D eigenvalue weighted by atomic mass is 9.94. The van der Waals surface area contributed by atoms with Gasteiger partial charge in [0, 0.05) is 26.1 Å². The predicted octanol–water partition coefficient (Wildman–Crippen LogP) is 2.82. The summed E-state index contributed by atoms with van der Waals surface area (Å²) in [5.41, 5.74) is 7.07. The predicted molar refractivity (Wildman–Crippen MR) is 92.8 cm³/mol. The number of nitrogens with zero attached hydrogens (tertiary/aromatic N) is 1. The van der Waals surface area contributed by atoms with E-state index in [1.165, 1.54) is 5.56 Å². The molecule has 0 amide bonds. The minimum absolute atomic E-state index is 0.0312. The van der Waals surface area contributed by atoms with Crippen molar-refractivity contribution in [2.75, 3.05) is 19.6 Å². The third-order valence-corrected chi connectivity index (χ3v) is 4.37. The fourth-order valence-electron chi connectivity index (χ4n) is 3.28. The molecule has 1 saturated heterocycles. The van der Waals surface area contributed by atoms with Crippen LogP contribution in [-0.2, 0) is 16.1 Å². The van der Waals surface area contributed by atoms with Gasteiger partial charge in [-0.15, -0.1) is 0 Å². The summed E-state index contributed by atoms with van der Waals surface area (Å²) in [4.78, 5) is 14.5. The topological polar surface area (TPSA) is 55.6 Å². The van der Waals surface area contributed by atoms with Crippen molar-refractivity contribution in [1.82, 2.24) is 4.90 Å². The lowest BCUT2D eigenvalue weighted by Gasteiger charge is -2.19. The van der Waals surface area contributed by atoms with Gasteiger partial charge in [0.1, 0.15) is 6.10 Å². The molecule has 1 fully saturated rings. The number of likely N-dealkylation sites (tertiary alicyclic amines) is 1. The molecule has 0 radical (unpaired) electrons. The number of hydrogen-bond donors (Lipinski definition) is 1. The largest absolute Gasteiger partial charge is 0.461 e. The Morgan fingerprint density at radius 3 is 2.74 bits per heavy atom. The second-order valence-corrected chi connectivity index (χ2v) is 7.06. The molecule has 4 heteroatoms. The lowest BCUT2D eigenvalue weighted by Crippen LogP contribution is -2.27. The van der Waals surface area contributed by atoms with Crippen LogP contribution in [0.4, 0.5) is 0 Å². The van der Waals surface area contributed by atoms with Crippen molar-refractivity contribution < 1.29 is 9.53 Å². The van der Waals surface area contributed by atoms with E-state index in [1.54, 1.807) is 0 Å². The van der Waals surface area contributed by atoms with E-state index in [-0.39, 0.29) is 18.0 Å². The summed E-state index contributed by atoms with van der Waals surface area (Å²) in [6, 6.07) is 10.4. The number of carbonyl (C=O) groups excluding carboxylic acids is 1. The molecule has 1 heterocycles. The zero-order valence-electron chi connectivity index (χ0n) is 14.4. The van der Waals surface area contributed by atoms with Crippen LogP contribution in [0.2, 0.25) is 0 Å². The van der Waals surface area contributed by atoms with Crippen LogP contribution in [0.1, 0.15) is 38.7 Å². The first-order valence-electron chi connectivity index (χ1n) is 8.72. The van der Waals surface area contributed by atoms with Crippen LogP contribution in [-0.4, -0.2) is 36.6 Å². The van der Waals surface area contributed by atoms with E-state index in [9.17, 15) is 4.79 Å². The minimum Gasteiger partial charge on any atom is -0.461 e. The minimum atomic E-state index is -0.0901. The van der Waals surface area contributed by atoms with Crippen LogP contribution in [0.3, 0.4) is 0 Å². The summed E-state index contributed by atoms with van der Waals surface area (Å²) < 4.78 is 5.66. The Bertz CT molecular complexity index is 476. The summed E-state index contributed by atoms with van der Waals surface area (Å²) in [6.07, 6.45) is 2.39. The summed E-state index contributed by atoms with van der Waals surface area (Å²) >= 11 is 0. The highest BCUT2D eigenvalue weighted by Crippen LogP contribution is 2.19. The molecule has 2 rings (SSSR count). The SMILES string of the molecule is CC(C)C[C@H](CN)CC(=O)O[C@H]1CCN(Cc2ccccc2)C1. The Morgan fingerprint density at radius 1 is 1.35 bits per heavy atom. The Balaban J connectivity index is 1.73. The normalized spacial score (nSPS) is 19.9. The third-order valence-electron chi connectivity index (χ3n) is 4.37. The Hall–Kier alpha value is -1.39. The van der Waals surface area contributed by atoms with Crippen LogP contribution < -0.4 is 5.73 Å². The van der Waals surface area contributed by atoms with Crippen LogP contribution >= 0.6 is 0 Å². The molecule has 1 aliphatic heterocycles. The molecule has 0 unspecified atom stereocenters. The average Bonchev–Trinajstić information content (AvgIpc) is 2.94. The molecule has 128 valence electrons. The fraction of sp³-hybridized carbons (Fsp3) is 0.632. The quantitative estimate of drug-likeness (QED) is 0.749. The fourth-order valence-corrected chi connectivity index (χ4v) is 3.28. The summed E-state index contributed by atoms with van der Waals surface area (Å²) in [6.45, 7) is 7.61. The van der Waals surface area contributed by atoms with E-state index in [4.69, 9.17) is 10.5 Å². The van der Waals surface area contributed by atoms with Gasteiger partial charge in [-0.3, -0.25) is 9.69 Å². The van der Waals surface area contributed by atoms with Gasteiger partial charge in [0.05, 0.1) is 0 Å².